The van der Waals surface area contributed by atoms with Crippen molar-refractivity contribution in [3.05, 3.63) is 23.3 Å². The summed E-state index contributed by atoms with van der Waals surface area (Å²) in [5.41, 5.74) is 7.20. The molecule has 0 saturated heterocycles. The van der Waals surface area contributed by atoms with Crippen molar-refractivity contribution in [1.29, 1.82) is 0 Å². The van der Waals surface area contributed by atoms with Crippen LogP contribution in [0.15, 0.2) is 12.1 Å². The molecule has 1 heterocycles. The first kappa shape index (κ1) is 11.9. The van der Waals surface area contributed by atoms with Crippen LogP contribution in [0.25, 0.3) is 0 Å². The summed E-state index contributed by atoms with van der Waals surface area (Å²) in [5.74, 6) is 1.32. The van der Waals surface area contributed by atoms with Gasteiger partial charge in [0.15, 0.2) is 17.3 Å². The fraction of sp³-hybridized carbons (Fsp3) is 0.462. The number of hydrogen-bond donors (Lipinski definition) is 1. The minimum absolute atomic E-state index is 0.0887. The van der Waals surface area contributed by atoms with Crippen LogP contribution in [-0.2, 0) is 0 Å². The van der Waals surface area contributed by atoms with Crippen LogP contribution >= 0.6 is 0 Å². The zero-order valence-corrected chi connectivity index (χ0v) is 10.2. The van der Waals surface area contributed by atoms with E-state index in [1.807, 2.05) is 19.9 Å². The largest absolute Gasteiger partial charge is 0.454 e. The molecule has 0 amide bonds. The van der Waals surface area contributed by atoms with Crippen molar-refractivity contribution in [3.63, 3.8) is 0 Å². The van der Waals surface area contributed by atoms with Crippen LogP contribution in [0.3, 0.4) is 0 Å². The molecule has 17 heavy (non-hydrogen) atoms. The highest BCUT2D eigenvalue weighted by molar-refractivity contribution is 6.00. The molecular formula is C13H17NO3. The van der Waals surface area contributed by atoms with Crippen LogP contribution in [0.1, 0.15) is 29.3 Å². The highest BCUT2D eigenvalue weighted by atomic mass is 16.7. The van der Waals surface area contributed by atoms with Crippen molar-refractivity contribution < 1.29 is 14.3 Å². The second-order valence-electron chi connectivity index (χ2n) is 4.23. The average Bonchev–Trinajstić information content (AvgIpc) is 2.76. The number of benzene rings is 1. The lowest BCUT2D eigenvalue weighted by atomic mass is 9.92. The molecular weight excluding hydrogens is 218 g/mol. The summed E-state index contributed by atoms with van der Waals surface area (Å²) in [4.78, 5) is 12.3. The van der Waals surface area contributed by atoms with Crippen molar-refractivity contribution in [2.75, 3.05) is 13.3 Å². The fourth-order valence-electron chi connectivity index (χ4n) is 1.99. The molecule has 0 radical (unpaired) electrons. The molecule has 92 valence electrons. The molecule has 4 nitrogen and oxygen atoms in total. The topological polar surface area (TPSA) is 61.6 Å². The molecule has 0 spiro atoms. The predicted octanol–water partition coefficient (Wildman–Crippen LogP) is 1.89. The zero-order chi connectivity index (χ0) is 12.4. The Hall–Kier alpha value is -1.55. The van der Waals surface area contributed by atoms with E-state index in [0.29, 0.717) is 23.6 Å². The van der Waals surface area contributed by atoms with Crippen LogP contribution in [0.2, 0.25) is 0 Å². The van der Waals surface area contributed by atoms with E-state index >= 15 is 0 Å². The number of Topliss-reactive ketones (excluding diaryl/α,β-unsaturated/α-hetero) is 1. The minimum Gasteiger partial charge on any atom is -0.454 e. The summed E-state index contributed by atoms with van der Waals surface area (Å²) >= 11 is 0. The first-order chi connectivity index (χ1) is 8.17. The van der Waals surface area contributed by atoms with Crippen LogP contribution in [-0.4, -0.2) is 19.1 Å². The lowest BCUT2D eigenvalue weighted by Crippen LogP contribution is -2.23. The van der Waals surface area contributed by atoms with Gasteiger partial charge in [0.05, 0.1) is 0 Å². The van der Waals surface area contributed by atoms with Crippen LogP contribution in [0.4, 0.5) is 0 Å². The van der Waals surface area contributed by atoms with Gasteiger partial charge in [0, 0.05) is 18.0 Å². The highest BCUT2D eigenvalue weighted by Gasteiger charge is 2.22. The SMILES string of the molecule is CCC(CN)C(=O)c1cc2c(cc1C)OCO2. The molecule has 1 unspecified atom stereocenters. The Bertz CT molecular complexity index is 439. The summed E-state index contributed by atoms with van der Waals surface area (Å²) < 4.78 is 10.6. The summed E-state index contributed by atoms with van der Waals surface area (Å²) in [5, 5.41) is 0. The molecule has 2 N–H and O–H groups in total. The van der Waals surface area contributed by atoms with Crippen LogP contribution in [0.5, 0.6) is 11.5 Å². The molecule has 4 heteroatoms. The maximum absolute atomic E-state index is 12.3. The molecule has 1 atom stereocenters. The lowest BCUT2D eigenvalue weighted by Gasteiger charge is -2.13. The summed E-state index contributed by atoms with van der Waals surface area (Å²) in [6.45, 7) is 4.47. The molecule has 0 saturated carbocycles. The van der Waals surface area contributed by atoms with Gasteiger partial charge in [0.1, 0.15) is 0 Å². The van der Waals surface area contributed by atoms with E-state index in [0.717, 1.165) is 12.0 Å². The Labute approximate surface area is 101 Å². The van der Waals surface area contributed by atoms with E-state index in [-0.39, 0.29) is 18.5 Å². The Kier molecular flexibility index (Phi) is 3.33. The van der Waals surface area contributed by atoms with Gasteiger partial charge in [-0.2, -0.15) is 0 Å². The monoisotopic (exact) mass is 235 g/mol. The Morgan fingerprint density at radius 3 is 2.65 bits per heavy atom. The highest BCUT2D eigenvalue weighted by Crippen LogP contribution is 2.35. The van der Waals surface area contributed by atoms with Crippen molar-refractivity contribution >= 4 is 5.78 Å². The number of nitrogens with two attached hydrogens (primary N) is 1. The van der Waals surface area contributed by atoms with Crippen molar-refractivity contribution in [3.8, 4) is 11.5 Å². The molecule has 0 bridgehead atoms. The van der Waals surface area contributed by atoms with E-state index < -0.39 is 0 Å². The third kappa shape index (κ3) is 2.13. The predicted molar refractivity (Wildman–Crippen MR) is 64.5 cm³/mol. The summed E-state index contributed by atoms with van der Waals surface area (Å²) in [6.07, 6.45) is 0.753. The fourth-order valence-corrected chi connectivity index (χ4v) is 1.99. The first-order valence-electron chi connectivity index (χ1n) is 5.81. The standard InChI is InChI=1S/C13H17NO3/c1-3-9(6-14)13(15)10-5-12-11(4-8(10)2)16-7-17-12/h4-5,9H,3,6-7,14H2,1-2H3. The quantitative estimate of drug-likeness (QED) is 0.809. The number of hydrogen-bond acceptors (Lipinski definition) is 4. The number of fused-ring (bicyclic) bond motifs is 1. The van der Waals surface area contributed by atoms with Gasteiger partial charge in [0.2, 0.25) is 6.79 Å². The van der Waals surface area contributed by atoms with E-state index in [1.165, 1.54) is 0 Å². The van der Waals surface area contributed by atoms with Crippen LogP contribution in [0, 0.1) is 12.8 Å². The van der Waals surface area contributed by atoms with Crippen molar-refractivity contribution in [2.24, 2.45) is 11.7 Å². The van der Waals surface area contributed by atoms with Gasteiger partial charge in [-0.05, 0) is 31.0 Å². The van der Waals surface area contributed by atoms with Gasteiger partial charge in [0.25, 0.3) is 0 Å². The third-order valence-electron chi connectivity index (χ3n) is 3.13. The maximum Gasteiger partial charge on any atom is 0.231 e. The number of carbonyl (C=O) groups is 1. The van der Waals surface area contributed by atoms with Crippen molar-refractivity contribution in [2.45, 2.75) is 20.3 Å². The van der Waals surface area contributed by atoms with E-state index in [2.05, 4.69) is 0 Å². The van der Waals surface area contributed by atoms with E-state index in [1.54, 1.807) is 6.07 Å². The second-order valence-corrected chi connectivity index (χ2v) is 4.23. The number of ketones is 1. The Morgan fingerprint density at radius 2 is 2.06 bits per heavy atom. The molecule has 1 aromatic carbocycles. The molecule has 1 aliphatic rings. The van der Waals surface area contributed by atoms with Gasteiger partial charge in [-0.25, -0.2) is 0 Å². The number of carbonyl (C=O) groups excluding carboxylic acids is 1. The van der Waals surface area contributed by atoms with Gasteiger partial charge >= 0.3 is 0 Å². The molecule has 0 fully saturated rings. The molecule has 0 aliphatic carbocycles. The number of aryl methyl sites for hydroxylation is 1. The van der Waals surface area contributed by atoms with E-state index in [9.17, 15) is 4.79 Å². The molecule has 1 aliphatic heterocycles. The smallest absolute Gasteiger partial charge is 0.231 e. The van der Waals surface area contributed by atoms with Gasteiger partial charge in [-0.3, -0.25) is 4.79 Å². The molecule has 2 rings (SSSR count). The lowest BCUT2D eigenvalue weighted by molar-refractivity contribution is 0.0920. The summed E-state index contributed by atoms with van der Waals surface area (Å²) in [7, 11) is 0. The zero-order valence-electron chi connectivity index (χ0n) is 10.2. The Balaban J connectivity index is 2.35. The average molecular weight is 235 g/mol. The maximum atomic E-state index is 12.3. The van der Waals surface area contributed by atoms with E-state index in [4.69, 9.17) is 15.2 Å². The van der Waals surface area contributed by atoms with Crippen LogP contribution < -0.4 is 15.2 Å². The normalized spacial score (nSPS) is 14.8. The van der Waals surface area contributed by atoms with Gasteiger partial charge in [-0.15, -0.1) is 0 Å². The number of rotatable bonds is 4. The van der Waals surface area contributed by atoms with Gasteiger partial charge < -0.3 is 15.2 Å². The second kappa shape index (κ2) is 4.75. The van der Waals surface area contributed by atoms with Gasteiger partial charge in [-0.1, -0.05) is 6.92 Å². The minimum atomic E-state index is -0.117. The molecule has 1 aromatic rings. The molecule has 0 aromatic heterocycles. The first-order valence-corrected chi connectivity index (χ1v) is 5.81. The number of ether oxygens (including phenoxy) is 2. The summed E-state index contributed by atoms with van der Waals surface area (Å²) in [6, 6.07) is 3.61. The third-order valence-corrected chi connectivity index (χ3v) is 3.13. The van der Waals surface area contributed by atoms with Crippen molar-refractivity contribution in [1.82, 2.24) is 0 Å². The Morgan fingerprint density at radius 1 is 1.41 bits per heavy atom.